The molecule has 0 aliphatic rings. The molecule has 96 valence electrons. The highest BCUT2D eigenvalue weighted by Gasteiger charge is 2.10. The third kappa shape index (κ3) is 2.15. The molecule has 2 aromatic carbocycles. The van der Waals surface area contributed by atoms with E-state index in [1.165, 1.54) is 16.7 Å². The molecule has 0 bridgehead atoms. The monoisotopic (exact) mass is 277 g/mol. The van der Waals surface area contributed by atoms with Crippen molar-refractivity contribution < 1.29 is 8.81 Å². The van der Waals surface area contributed by atoms with E-state index in [-0.39, 0.29) is 11.6 Å². The number of para-hydroxylation sites is 2. The average Bonchev–Trinajstić information content (AvgIpc) is 2.69. The first kappa shape index (κ1) is 12.0. The summed E-state index contributed by atoms with van der Waals surface area (Å²) in [7, 11) is 0. The van der Waals surface area contributed by atoms with Gasteiger partial charge in [0.1, 0.15) is 5.82 Å². The van der Waals surface area contributed by atoms with E-state index in [0.717, 1.165) is 0 Å². The smallest absolute Gasteiger partial charge is 0.408 e. The van der Waals surface area contributed by atoms with Gasteiger partial charge in [0.2, 0.25) is 0 Å². The molecular weight excluding hydrogens is 269 g/mol. The molecule has 0 saturated carbocycles. The van der Waals surface area contributed by atoms with Crippen LogP contribution in [0.5, 0.6) is 0 Å². The van der Waals surface area contributed by atoms with E-state index in [0.29, 0.717) is 16.7 Å². The van der Waals surface area contributed by atoms with Crippen molar-refractivity contribution in [3.05, 3.63) is 69.4 Å². The fraction of sp³-hybridized carbons (Fsp3) is 0.0714. The fourth-order valence-electron chi connectivity index (χ4n) is 1.98. The summed E-state index contributed by atoms with van der Waals surface area (Å²) in [5.41, 5.74) is 1.87. The van der Waals surface area contributed by atoms with Crippen LogP contribution in [0.4, 0.5) is 4.39 Å². The highest BCUT2D eigenvalue weighted by atomic mass is 35.5. The molecule has 0 unspecified atom stereocenters. The number of hydrogen-bond donors (Lipinski definition) is 0. The molecule has 0 amide bonds. The Kier molecular flexibility index (Phi) is 2.87. The third-order valence-corrected chi connectivity index (χ3v) is 3.27. The van der Waals surface area contributed by atoms with E-state index in [9.17, 15) is 9.18 Å². The molecule has 19 heavy (non-hydrogen) atoms. The van der Waals surface area contributed by atoms with Gasteiger partial charge in [-0.25, -0.2) is 9.18 Å². The summed E-state index contributed by atoms with van der Waals surface area (Å²) in [4.78, 5) is 11.8. The highest BCUT2D eigenvalue weighted by Crippen LogP contribution is 2.20. The van der Waals surface area contributed by atoms with Crippen molar-refractivity contribution in [3.63, 3.8) is 0 Å². The molecule has 1 heterocycles. The standard InChI is InChI=1S/C14H9ClFNO2/c15-11-7-10(16)6-5-9(11)8-17-12-3-1-2-4-13(12)19-14(17)18/h1-7H,8H2. The van der Waals surface area contributed by atoms with E-state index in [1.807, 2.05) is 6.07 Å². The summed E-state index contributed by atoms with van der Waals surface area (Å²) in [5, 5.41) is 0.289. The zero-order valence-corrected chi connectivity index (χ0v) is 10.5. The van der Waals surface area contributed by atoms with E-state index in [4.69, 9.17) is 16.0 Å². The predicted molar refractivity (Wildman–Crippen MR) is 71.0 cm³/mol. The van der Waals surface area contributed by atoms with Gasteiger partial charge in [-0.05, 0) is 29.8 Å². The number of hydrogen-bond acceptors (Lipinski definition) is 2. The molecule has 1 aromatic heterocycles. The van der Waals surface area contributed by atoms with Crippen LogP contribution in [0, 0.1) is 5.82 Å². The van der Waals surface area contributed by atoms with Gasteiger partial charge in [-0.15, -0.1) is 0 Å². The number of nitrogens with zero attached hydrogens (tertiary/aromatic N) is 1. The minimum atomic E-state index is -0.457. The van der Waals surface area contributed by atoms with Gasteiger partial charge in [0.25, 0.3) is 0 Å². The molecule has 0 atom stereocenters. The lowest BCUT2D eigenvalue weighted by Gasteiger charge is -2.05. The minimum Gasteiger partial charge on any atom is -0.408 e. The fourth-order valence-corrected chi connectivity index (χ4v) is 2.21. The van der Waals surface area contributed by atoms with Crippen LogP contribution in [0.1, 0.15) is 5.56 Å². The molecule has 0 radical (unpaired) electrons. The first-order valence-corrected chi connectivity index (χ1v) is 6.05. The summed E-state index contributed by atoms with van der Waals surface area (Å²) >= 11 is 5.96. The van der Waals surface area contributed by atoms with E-state index in [2.05, 4.69) is 0 Å². The Morgan fingerprint density at radius 1 is 1.21 bits per heavy atom. The Labute approximate surface area is 112 Å². The second-order valence-corrected chi connectivity index (χ2v) is 4.56. The van der Waals surface area contributed by atoms with Crippen LogP contribution in [0.2, 0.25) is 5.02 Å². The van der Waals surface area contributed by atoms with Crippen molar-refractivity contribution in [2.45, 2.75) is 6.54 Å². The lowest BCUT2D eigenvalue weighted by atomic mass is 10.2. The number of aromatic nitrogens is 1. The van der Waals surface area contributed by atoms with Gasteiger partial charge in [-0.3, -0.25) is 4.57 Å². The summed E-state index contributed by atoms with van der Waals surface area (Å²) in [6, 6.07) is 11.2. The molecule has 3 nitrogen and oxygen atoms in total. The van der Waals surface area contributed by atoms with Crippen LogP contribution in [0.15, 0.2) is 51.7 Å². The van der Waals surface area contributed by atoms with Gasteiger partial charge in [0, 0.05) is 5.02 Å². The van der Waals surface area contributed by atoms with Crippen molar-refractivity contribution in [3.8, 4) is 0 Å². The Balaban J connectivity index is 2.10. The zero-order valence-electron chi connectivity index (χ0n) is 9.77. The van der Waals surface area contributed by atoms with Crippen LogP contribution >= 0.6 is 11.6 Å². The maximum absolute atomic E-state index is 13.0. The van der Waals surface area contributed by atoms with Crippen molar-refractivity contribution in [2.24, 2.45) is 0 Å². The zero-order chi connectivity index (χ0) is 13.4. The Morgan fingerprint density at radius 2 is 2.00 bits per heavy atom. The van der Waals surface area contributed by atoms with Gasteiger partial charge in [0.05, 0.1) is 12.1 Å². The molecule has 0 N–H and O–H groups in total. The van der Waals surface area contributed by atoms with Crippen molar-refractivity contribution in [2.75, 3.05) is 0 Å². The van der Waals surface area contributed by atoms with Gasteiger partial charge in [-0.2, -0.15) is 0 Å². The Bertz CT molecular complexity index is 807. The van der Waals surface area contributed by atoms with Gasteiger partial charge >= 0.3 is 5.76 Å². The first-order chi connectivity index (χ1) is 9.15. The molecule has 0 aliphatic heterocycles. The molecule has 3 rings (SSSR count). The summed E-state index contributed by atoms with van der Waals surface area (Å²) in [6.07, 6.45) is 0. The Hall–Kier alpha value is -2.07. The topological polar surface area (TPSA) is 35.1 Å². The Morgan fingerprint density at radius 3 is 2.79 bits per heavy atom. The number of benzene rings is 2. The second kappa shape index (κ2) is 4.55. The molecule has 0 fully saturated rings. The minimum absolute atomic E-state index is 0.245. The highest BCUT2D eigenvalue weighted by molar-refractivity contribution is 6.31. The second-order valence-electron chi connectivity index (χ2n) is 4.16. The average molecular weight is 278 g/mol. The van der Waals surface area contributed by atoms with E-state index < -0.39 is 11.6 Å². The van der Waals surface area contributed by atoms with Gasteiger partial charge < -0.3 is 4.42 Å². The van der Waals surface area contributed by atoms with Crippen LogP contribution < -0.4 is 5.76 Å². The molecular formula is C14H9ClFNO2. The SMILES string of the molecule is O=c1oc2ccccc2n1Cc1ccc(F)cc1Cl. The maximum atomic E-state index is 13.0. The molecule has 0 aliphatic carbocycles. The maximum Gasteiger partial charge on any atom is 0.420 e. The van der Waals surface area contributed by atoms with E-state index >= 15 is 0 Å². The number of oxazole rings is 1. The largest absolute Gasteiger partial charge is 0.420 e. The first-order valence-electron chi connectivity index (χ1n) is 5.67. The summed E-state index contributed by atoms with van der Waals surface area (Å²) in [6.45, 7) is 0.245. The quantitative estimate of drug-likeness (QED) is 0.719. The lowest BCUT2D eigenvalue weighted by Crippen LogP contribution is -2.15. The molecule has 0 spiro atoms. The van der Waals surface area contributed by atoms with Gasteiger partial charge in [-0.1, -0.05) is 29.8 Å². The number of rotatable bonds is 2. The van der Waals surface area contributed by atoms with Crippen molar-refractivity contribution in [1.82, 2.24) is 4.57 Å². The van der Waals surface area contributed by atoms with Crippen molar-refractivity contribution in [1.29, 1.82) is 0 Å². The number of fused-ring (bicyclic) bond motifs is 1. The van der Waals surface area contributed by atoms with Crippen LogP contribution in [-0.4, -0.2) is 4.57 Å². The summed E-state index contributed by atoms with van der Waals surface area (Å²) < 4.78 is 19.6. The van der Waals surface area contributed by atoms with Gasteiger partial charge in [0.15, 0.2) is 5.58 Å². The summed E-state index contributed by atoms with van der Waals surface area (Å²) in [5.74, 6) is -0.861. The van der Waals surface area contributed by atoms with Crippen LogP contribution in [-0.2, 0) is 6.54 Å². The van der Waals surface area contributed by atoms with Crippen LogP contribution in [0.25, 0.3) is 11.1 Å². The predicted octanol–water partition coefficient (Wildman–Crippen LogP) is 3.44. The van der Waals surface area contributed by atoms with E-state index in [1.54, 1.807) is 24.3 Å². The lowest BCUT2D eigenvalue weighted by molar-refractivity contribution is 0.517. The molecule has 3 aromatic rings. The normalized spacial score (nSPS) is 11.1. The molecule has 0 saturated heterocycles. The molecule has 5 heteroatoms. The van der Waals surface area contributed by atoms with Crippen molar-refractivity contribution >= 4 is 22.7 Å². The third-order valence-electron chi connectivity index (χ3n) is 2.92. The number of halogens is 2. The van der Waals surface area contributed by atoms with Crippen LogP contribution in [0.3, 0.4) is 0 Å².